The molecule has 0 unspecified atom stereocenters. The SMILES string of the molecule is Nc1cccc(-c2nc3ccc4c(O)c(N=Nc5ccccc5Cl)ccc4c3s2)c1. The van der Waals surface area contributed by atoms with Crippen LogP contribution in [0.1, 0.15) is 0 Å². The molecule has 5 rings (SSSR count). The third-order valence-corrected chi connectivity index (χ3v) is 6.23. The Labute approximate surface area is 181 Å². The average molecular weight is 431 g/mol. The van der Waals surface area contributed by atoms with Gasteiger partial charge in [0.05, 0.1) is 15.2 Å². The molecule has 7 heteroatoms. The number of rotatable bonds is 3. The monoisotopic (exact) mass is 430 g/mol. The maximum absolute atomic E-state index is 10.8. The second kappa shape index (κ2) is 7.40. The van der Waals surface area contributed by atoms with Crippen molar-refractivity contribution in [3.63, 3.8) is 0 Å². The molecule has 0 amide bonds. The van der Waals surface area contributed by atoms with E-state index in [4.69, 9.17) is 22.3 Å². The number of aromatic nitrogens is 1. The van der Waals surface area contributed by atoms with E-state index in [1.807, 2.05) is 54.6 Å². The predicted molar refractivity (Wildman–Crippen MR) is 124 cm³/mol. The minimum absolute atomic E-state index is 0.0732. The molecule has 5 aromatic rings. The highest BCUT2D eigenvalue weighted by Crippen LogP contribution is 2.42. The number of hydrogen-bond acceptors (Lipinski definition) is 6. The Kier molecular flexibility index (Phi) is 4.58. The fourth-order valence-corrected chi connectivity index (χ4v) is 4.54. The van der Waals surface area contributed by atoms with Crippen LogP contribution in [0, 0.1) is 0 Å². The third-order valence-electron chi connectivity index (χ3n) is 4.75. The van der Waals surface area contributed by atoms with Gasteiger partial charge in [-0.15, -0.1) is 21.6 Å². The number of benzene rings is 4. The van der Waals surface area contributed by atoms with Gasteiger partial charge in [0, 0.05) is 22.0 Å². The van der Waals surface area contributed by atoms with Crippen molar-refractivity contribution in [2.45, 2.75) is 0 Å². The average Bonchev–Trinajstić information content (AvgIpc) is 3.19. The number of hydrogen-bond donors (Lipinski definition) is 2. The molecule has 146 valence electrons. The maximum atomic E-state index is 10.8. The summed E-state index contributed by atoms with van der Waals surface area (Å²) in [7, 11) is 0. The summed E-state index contributed by atoms with van der Waals surface area (Å²) in [6.45, 7) is 0. The molecule has 1 aromatic heterocycles. The summed E-state index contributed by atoms with van der Waals surface area (Å²) in [5, 5.41) is 22.2. The number of fused-ring (bicyclic) bond motifs is 3. The van der Waals surface area contributed by atoms with Crippen LogP contribution in [0.3, 0.4) is 0 Å². The van der Waals surface area contributed by atoms with E-state index in [1.165, 1.54) is 0 Å². The number of nitrogens with zero attached hydrogens (tertiary/aromatic N) is 3. The van der Waals surface area contributed by atoms with Crippen LogP contribution in [0.25, 0.3) is 31.6 Å². The van der Waals surface area contributed by atoms with Gasteiger partial charge in [-0.2, -0.15) is 0 Å². The maximum Gasteiger partial charge on any atom is 0.150 e. The number of anilines is 1. The van der Waals surface area contributed by atoms with Gasteiger partial charge in [-0.1, -0.05) is 41.9 Å². The van der Waals surface area contributed by atoms with Gasteiger partial charge in [0.15, 0.2) is 5.75 Å². The molecule has 1 heterocycles. The van der Waals surface area contributed by atoms with Gasteiger partial charge in [0.2, 0.25) is 0 Å². The number of halogens is 1. The lowest BCUT2D eigenvalue weighted by molar-refractivity contribution is 0.482. The molecule has 5 nitrogen and oxygen atoms in total. The summed E-state index contributed by atoms with van der Waals surface area (Å²) < 4.78 is 0.995. The fourth-order valence-electron chi connectivity index (χ4n) is 3.28. The summed E-state index contributed by atoms with van der Waals surface area (Å²) in [5.74, 6) is 0.0732. The molecule has 0 spiro atoms. The van der Waals surface area contributed by atoms with Crippen LogP contribution in [-0.2, 0) is 0 Å². The van der Waals surface area contributed by atoms with E-state index in [-0.39, 0.29) is 5.75 Å². The number of thiazole rings is 1. The van der Waals surface area contributed by atoms with Gasteiger partial charge >= 0.3 is 0 Å². The van der Waals surface area contributed by atoms with Crippen LogP contribution in [0.5, 0.6) is 5.75 Å². The van der Waals surface area contributed by atoms with E-state index >= 15 is 0 Å². The van der Waals surface area contributed by atoms with Crippen LogP contribution >= 0.6 is 22.9 Å². The first-order valence-corrected chi connectivity index (χ1v) is 10.4. The third kappa shape index (κ3) is 3.26. The Morgan fingerprint density at radius 3 is 2.50 bits per heavy atom. The Balaban J connectivity index is 1.60. The fraction of sp³-hybridized carbons (Fsp3) is 0. The molecule has 3 N–H and O–H groups in total. The Morgan fingerprint density at radius 1 is 0.867 bits per heavy atom. The first-order valence-electron chi connectivity index (χ1n) is 9.17. The molecular formula is C23H15ClN4OS. The highest BCUT2D eigenvalue weighted by Gasteiger charge is 2.13. The van der Waals surface area contributed by atoms with Gasteiger partial charge in [0.25, 0.3) is 0 Å². The van der Waals surface area contributed by atoms with E-state index in [1.54, 1.807) is 29.5 Å². The van der Waals surface area contributed by atoms with Crippen LogP contribution in [0.2, 0.25) is 5.02 Å². The zero-order valence-electron chi connectivity index (χ0n) is 15.6. The lowest BCUT2D eigenvalue weighted by Gasteiger charge is -2.04. The topological polar surface area (TPSA) is 83.9 Å². The van der Waals surface area contributed by atoms with E-state index in [9.17, 15) is 5.11 Å². The summed E-state index contributed by atoms with van der Waals surface area (Å²) >= 11 is 7.69. The zero-order chi connectivity index (χ0) is 20.7. The molecular weight excluding hydrogens is 416 g/mol. The van der Waals surface area contributed by atoms with Crippen LogP contribution < -0.4 is 5.73 Å². The van der Waals surface area contributed by atoms with Crippen molar-refractivity contribution in [3.05, 3.63) is 77.8 Å². The van der Waals surface area contributed by atoms with E-state index in [0.29, 0.717) is 27.5 Å². The van der Waals surface area contributed by atoms with E-state index in [0.717, 1.165) is 26.2 Å². The Morgan fingerprint density at radius 2 is 1.67 bits per heavy atom. The number of azo groups is 1. The van der Waals surface area contributed by atoms with E-state index < -0.39 is 0 Å². The molecule has 0 aliphatic carbocycles. The van der Waals surface area contributed by atoms with Crippen molar-refractivity contribution in [1.82, 2.24) is 4.98 Å². The molecule has 0 aliphatic rings. The molecule has 0 atom stereocenters. The van der Waals surface area contributed by atoms with Crippen molar-refractivity contribution < 1.29 is 5.11 Å². The standard InChI is InChI=1S/C23H15ClN4OS/c24-17-6-1-2-7-18(17)27-28-19-10-9-16-15(21(19)29)8-11-20-22(16)30-23(26-20)13-4-3-5-14(25)12-13/h1-12,29H,25H2. The molecule has 0 saturated heterocycles. The quantitative estimate of drug-likeness (QED) is 0.230. The predicted octanol–water partition coefficient (Wildman–Crippen LogP) is 7.47. The highest BCUT2D eigenvalue weighted by atomic mass is 35.5. The van der Waals surface area contributed by atoms with Gasteiger partial charge in [-0.3, -0.25) is 0 Å². The number of phenols is 1. The molecule has 0 aliphatic heterocycles. The van der Waals surface area contributed by atoms with Crippen LogP contribution in [-0.4, -0.2) is 10.1 Å². The molecule has 0 bridgehead atoms. The van der Waals surface area contributed by atoms with Crippen molar-refractivity contribution >= 4 is 61.0 Å². The van der Waals surface area contributed by atoms with Crippen molar-refractivity contribution in [1.29, 1.82) is 0 Å². The lowest BCUT2D eigenvalue weighted by Crippen LogP contribution is -1.84. The Hall–Kier alpha value is -3.48. The molecule has 30 heavy (non-hydrogen) atoms. The van der Waals surface area contributed by atoms with Gasteiger partial charge < -0.3 is 10.8 Å². The lowest BCUT2D eigenvalue weighted by atomic mass is 10.1. The van der Waals surface area contributed by atoms with Crippen LogP contribution in [0.4, 0.5) is 17.1 Å². The first-order chi connectivity index (χ1) is 14.6. The summed E-state index contributed by atoms with van der Waals surface area (Å²) in [5.41, 5.74) is 9.37. The van der Waals surface area contributed by atoms with Crippen molar-refractivity contribution in [2.75, 3.05) is 5.73 Å². The Bertz CT molecular complexity index is 1440. The normalized spacial score (nSPS) is 11.6. The van der Waals surface area contributed by atoms with Crippen LogP contribution in [0.15, 0.2) is 83.0 Å². The smallest absolute Gasteiger partial charge is 0.150 e. The largest absolute Gasteiger partial charge is 0.505 e. The first kappa shape index (κ1) is 18.5. The highest BCUT2D eigenvalue weighted by molar-refractivity contribution is 7.22. The summed E-state index contributed by atoms with van der Waals surface area (Å²) in [4.78, 5) is 4.74. The number of nitrogens with two attached hydrogens (primary N) is 1. The second-order valence-electron chi connectivity index (χ2n) is 6.74. The van der Waals surface area contributed by atoms with Gasteiger partial charge in [-0.05, 0) is 42.5 Å². The number of aromatic hydroxyl groups is 1. The van der Waals surface area contributed by atoms with Gasteiger partial charge in [0.1, 0.15) is 16.4 Å². The molecule has 0 saturated carbocycles. The minimum Gasteiger partial charge on any atom is -0.505 e. The van der Waals surface area contributed by atoms with Crippen molar-refractivity contribution in [3.8, 4) is 16.3 Å². The molecule has 0 fully saturated rings. The van der Waals surface area contributed by atoms with Crippen molar-refractivity contribution in [2.24, 2.45) is 10.2 Å². The summed E-state index contributed by atoms with van der Waals surface area (Å²) in [6, 6.07) is 22.3. The minimum atomic E-state index is 0.0732. The summed E-state index contributed by atoms with van der Waals surface area (Å²) in [6.07, 6.45) is 0. The second-order valence-corrected chi connectivity index (χ2v) is 8.14. The van der Waals surface area contributed by atoms with E-state index in [2.05, 4.69) is 10.2 Å². The molecule has 4 aromatic carbocycles. The zero-order valence-corrected chi connectivity index (χ0v) is 17.2. The molecule has 0 radical (unpaired) electrons. The number of nitrogen functional groups attached to an aromatic ring is 1. The van der Waals surface area contributed by atoms with Gasteiger partial charge in [-0.25, -0.2) is 4.98 Å². The number of phenolic OH excluding ortho intramolecular Hbond substituents is 1.